The summed E-state index contributed by atoms with van der Waals surface area (Å²) >= 11 is 1.44. The Bertz CT molecular complexity index is 1130. The Hall–Kier alpha value is -2.93. The van der Waals surface area contributed by atoms with Crippen LogP contribution in [0.3, 0.4) is 0 Å². The van der Waals surface area contributed by atoms with Crippen LogP contribution in [-0.2, 0) is 12.5 Å². The SMILES string of the molecule is Cn1c(-c2nc(C(=O)Nc3cc(C(C)(C)C)no3)cs2)cc2ccccc21. The van der Waals surface area contributed by atoms with Gasteiger partial charge in [0.15, 0.2) is 0 Å². The van der Waals surface area contributed by atoms with Crippen molar-refractivity contribution in [3.8, 4) is 10.7 Å². The molecule has 1 aromatic carbocycles. The van der Waals surface area contributed by atoms with Crippen LogP contribution in [0.2, 0.25) is 0 Å². The molecule has 1 amide bonds. The van der Waals surface area contributed by atoms with Gasteiger partial charge in [-0.05, 0) is 12.1 Å². The third kappa shape index (κ3) is 3.26. The van der Waals surface area contributed by atoms with E-state index in [2.05, 4.69) is 38.2 Å². The van der Waals surface area contributed by atoms with Crippen molar-refractivity contribution in [2.24, 2.45) is 7.05 Å². The van der Waals surface area contributed by atoms with E-state index >= 15 is 0 Å². The molecule has 0 saturated carbocycles. The van der Waals surface area contributed by atoms with Crippen molar-refractivity contribution in [3.05, 3.63) is 53.2 Å². The first-order valence-corrected chi connectivity index (χ1v) is 9.50. The summed E-state index contributed by atoms with van der Waals surface area (Å²) in [6, 6.07) is 12.0. The highest BCUT2D eigenvalue weighted by molar-refractivity contribution is 7.13. The standard InChI is InChI=1S/C20H20N4O2S/c1-20(2,3)16-10-17(26-23-16)22-18(25)13-11-27-19(21-13)15-9-12-7-5-6-8-14(12)24(15)4/h5-11H,1-4H3,(H,22,25). The van der Waals surface area contributed by atoms with Gasteiger partial charge in [-0.15, -0.1) is 11.3 Å². The van der Waals surface area contributed by atoms with E-state index in [4.69, 9.17) is 4.52 Å². The van der Waals surface area contributed by atoms with Crippen LogP contribution >= 0.6 is 11.3 Å². The summed E-state index contributed by atoms with van der Waals surface area (Å²) in [4.78, 5) is 17.0. The number of rotatable bonds is 3. The average molecular weight is 380 g/mol. The topological polar surface area (TPSA) is 73.0 Å². The molecule has 0 fully saturated rings. The fourth-order valence-corrected chi connectivity index (χ4v) is 3.70. The van der Waals surface area contributed by atoms with E-state index in [0.717, 1.165) is 27.3 Å². The van der Waals surface area contributed by atoms with Gasteiger partial charge in [0.25, 0.3) is 5.91 Å². The maximum absolute atomic E-state index is 12.5. The van der Waals surface area contributed by atoms with Crippen molar-refractivity contribution in [1.82, 2.24) is 14.7 Å². The highest BCUT2D eigenvalue weighted by atomic mass is 32.1. The van der Waals surface area contributed by atoms with E-state index in [1.165, 1.54) is 11.3 Å². The lowest BCUT2D eigenvalue weighted by Crippen LogP contribution is -2.12. The van der Waals surface area contributed by atoms with Crippen LogP contribution in [0, 0.1) is 0 Å². The molecule has 3 heterocycles. The number of aromatic nitrogens is 3. The predicted octanol–water partition coefficient (Wildman–Crippen LogP) is 4.84. The number of hydrogen-bond donors (Lipinski definition) is 1. The number of carbonyl (C=O) groups is 1. The fourth-order valence-electron chi connectivity index (χ4n) is 2.85. The molecule has 4 aromatic rings. The quantitative estimate of drug-likeness (QED) is 0.552. The van der Waals surface area contributed by atoms with E-state index in [0.29, 0.717) is 11.6 Å². The van der Waals surface area contributed by atoms with Crippen molar-refractivity contribution < 1.29 is 9.32 Å². The zero-order chi connectivity index (χ0) is 19.2. The van der Waals surface area contributed by atoms with E-state index < -0.39 is 0 Å². The van der Waals surface area contributed by atoms with Gasteiger partial charge in [-0.3, -0.25) is 10.1 Å². The summed E-state index contributed by atoms with van der Waals surface area (Å²) in [5, 5.41) is 10.4. The normalized spacial score (nSPS) is 11.9. The van der Waals surface area contributed by atoms with Gasteiger partial charge in [-0.25, -0.2) is 4.98 Å². The Kier molecular flexibility index (Phi) is 4.11. The molecule has 138 valence electrons. The molecule has 27 heavy (non-hydrogen) atoms. The number of nitrogens with zero attached hydrogens (tertiary/aromatic N) is 3. The zero-order valence-electron chi connectivity index (χ0n) is 15.6. The number of thiazole rings is 1. The van der Waals surface area contributed by atoms with Crippen molar-refractivity contribution in [2.45, 2.75) is 26.2 Å². The maximum Gasteiger partial charge on any atom is 0.277 e. The van der Waals surface area contributed by atoms with Crippen LogP contribution in [0.25, 0.3) is 21.6 Å². The van der Waals surface area contributed by atoms with Crippen LogP contribution in [-0.4, -0.2) is 20.6 Å². The van der Waals surface area contributed by atoms with Gasteiger partial charge in [-0.2, -0.15) is 0 Å². The molecule has 0 radical (unpaired) electrons. The third-order valence-electron chi connectivity index (χ3n) is 4.42. The molecule has 0 spiro atoms. The molecule has 0 atom stereocenters. The molecule has 0 aliphatic heterocycles. The van der Waals surface area contributed by atoms with Gasteiger partial charge >= 0.3 is 0 Å². The number of anilines is 1. The summed E-state index contributed by atoms with van der Waals surface area (Å²) in [6.45, 7) is 6.10. The summed E-state index contributed by atoms with van der Waals surface area (Å²) in [5.74, 6) is 0.0111. The number of nitrogens with one attached hydrogen (secondary N) is 1. The molecular formula is C20H20N4O2S. The Labute approximate surface area is 160 Å². The molecule has 0 aliphatic rings. The molecule has 7 heteroatoms. The van der Waals surface area contributed by atoms with Crippen molar-refractivity contribution in [2.75, 3.05) is 5.32 Å². The molecule has 6 nitrogen and oxygen atoms in total. The Morgan fingerprint density at radius 2 is 2.00 bits per heavy atom. The smallest absolute Gasteiger partial charge is 0.277 e. The van der Waals surface area contributed by atoms with Crippen LogP contribution in [0.5, 0.6) is 0 Å². The van der Waals surface area contributed by atoms with Gasteiger partial charge in [0.05, 0.1) is 11.4 Å². The van der Waals surface area contributed by atoms with Crippen LogP contribution in [0.4, 0.5) is 5.88 Å². The van der Waals surface area contributed by atoms with E-state index in [1.54, 1.807) is 11.4 Å². The second-order valence-corrected chi connectivity index (χ2v) is 8.32. The fraction of sp³-hybridized carbons (Fsp3) is 0.250. The Morgan fingerprint density at radius 1 is 1.22 bits per heavy atom. The number of aryl methyl sites for hydroxylation is 1. The second-order valence-electron chi connectivity index (χ2n) is 7.47. The molecule has 0 saturated heterocycles. The molecule has 0 aliphatic carbocycles. The highest BCUT2D eigenvalue weighted by Crippen LogP contribution is 2.30. The van der Waals surface area contributed by atoms with Gasteiger partial charge in [0.2, 0.25) is 5.88 Å². The molecule has 0 bridgehead atoms. The molecule has 4 rings (SSSR count). The minimum absolute atomic E-state index is 0.144. The maximum atomic E-state index is 12.5. The lowest BCUT2D eigenvalue weighted by molar-refractivity contribution is 0.102. The van der Waals surface area contributed by atoms with Gasteiger partial charge in [0.1, 0.15) is 10.7 Å². The zero-order valence-corrected chi connectivity index (χ0v) is 16.4. The predicted molar refractivity (Wildman–Crippen MR) is 107 cm³/mol. The highest BCUT2D eigenvalue weighted by Gasteiger charge is 2.21. The molecule has 3 aromatic heterocycles. The van der Waals surface area contributed by atoms with Crippen molar-refractivity contribution >= 4 is 34.0 Å². The first-order chi connectivity index (χ1) is 12.8. The first-order valence-electron chi connectivity index (χ1n) is 8.62. The molecular weight excluding hydrogens is 360 g/mol. The largest absolute Gasteiger partial charge is 0.342 e. The second kappa shape index (κ2) is 6.35. The summed E-state index contributed by atoms with van der Waals surface area (Å²) in [7, 11) is 2.00. The lowest BCUT2D eigenvalue weighted by atomic mass is 9.92. The first kappa shape index (κ1) is 17.5. The lowest BCUT2D eigenvalue weighted by Gasteiger charge is -2.12. The Balaban J connectivity index is 1.57. The van der Waals surface area contributed by atoms with Gasteiger partial charge < -0.3 is 9.09 Å². The monoisotopic (exact) mass is 380 g/mol. The van der Waals surface area contributed by atoms with Crippen molar-refractivity contribution in [3.63, 3.8) is 0 Å². The van der Waals surface area contributed by atoms with E-state index in [-0.39, 0.29) is 11.3 Å². The van der Waals surface area contributed by atoms with E-state index in [9.17, 15) is 4.79 Å². The van der Waals surface area contributed by atoms with Gasteiger partial charge in [0, 0.05) is 34.8 Å². The minimum atomic E-state index is -0.312. The number of para-hydroxylation sites is 1. The van der Waals surface area contributed by atoms with Gasteiger partial charge in [-0.1, -0.05) is 44.1 Å². The number of amides is 1. The average Bonchev–Trinajstić information content (AvgIpc) is 3.33. The Morgan fingerprint density at radius 3 is 2.70 bits per heavy atom. The molecule has 1 N–H and O–H groups in total. The number of fused-ring (bicyclic) bond motifs is 1. The number of hydrogen-bond acceptors (Lipinski definition) is 5. The van der Waals surface area contributed by atoms with Crippen LogP contribution in [0.1, 0.15) is 37.0 Å². The summed E-state index contributed by atoms with van der Waals surface area (Å²) < 4.78 is 7.31. The van der Waals surface area contributed by atoms with Crippen molar-refractivity contribution in [1.29, 1.82) is 0 Å². The summed E-state index contributed by atoms with van der Waals surface area (Å²) in [6.07, 6.45) is 0. The number of benzene rings is 1. The van der Waals surface area contributed by atoms with Crippen LogP contribution < -0.4 is 5.32 Å². The number of carbonyl (C=O) groups excluding carboxylic acids is 1. The van der Waals surface area contributed by atoms with E-state index in [1.807, 2.05) is 40.0 Å². The third-order valence-corrected chi connectivity index (χ3v) is 5.29. The molecule has 0 unspecified atom stereocenters. The summed E-state index contributed by atoms with van der Waals surface area (Å²) in [5.41, 5.74) is 3.11. The minimum Gasteiger partial charge on any atom is -0.342 e. The van der Waals surface area contributed by atoms with Crippen LogP contribution in [0.15, 0.2) is 46.3 Å².